The van der Waals surface area contributed by atoms with Crippen LogP contribution in [-0.2, 0) is 20.5 Å². The lowest BCUT2D eigenvalue weighted by Crippen LogP contribution is -2.48. The Balaban J connectivity index is 1.42. The first-order chi connectivity index (χ1) is 16.3. The summed E-state index contributed by atoms with van der Waals surface area (Å²) in [5.74, 6) is -2.05. The maximum absolute atomic E-state index is 13.1. The number of halogens is 3. The Hall–Kier alpha value is -3.11. The number of likely N-dealkylation sites (tertiary alicyclic amines) is 2. The van der Waals surface area contributed by atoms with Crippen molar-refractivity contribution in [1.82, 2.24) is 15.1 Å². The first kappa shape index (κ1) is 25.0. The van der Waals surface area contributed by atoms with E-state index in [1.807, 2.05) is 0 Å². The third-order valence-electron chi connectivity index (χ3n) is 6.69. The Labute approximate surface area is 200 Å². The molecular weight excluding hydrogens is 467 g/mol. The summed E-state index contributed by atoms with van der Waals surface area (Å²) in [6.07, 6.45) is -3.49. The van der Waals surface area contributed by atoms with Crippen molar-refractivity contribution in [3.8, 4) is 0 Å². The molecule has 2 heterocycles. The van der Waals surface area contributed by atoms with E-state index in [-0.39, 0.29) is 29.8 Å². The molecule has 0 aromatic heterocycles. The second-order valence-electron chi connectivity index (χ2n) is 10.3. The van der Waals surface area contributed by atoms with Crippen LogP contribution in [0.4, 0.5) is 18.0 Å². The van der Waals surface area contributed by atoms with Crippen LogP contribution in [0.5, 0.6) is 0 Å². The molecule has 0 radical (unpaired) electrons. The molecule has 1 aliphatic carbocycles. The summed E-state index contributed by atoms with van der Waals surface area (Å²) in [5.41, 5.74) is -1.88. The molecule has 1 N–H and O–H groups in total. The van der Waals surface area contributed by atoms with Crippen molar-refractivity contribution < 1.29 is 37.1 Å². The minimum atomic E-state index is -4.59. The highest BCUT2D eigenvalue weighted by molar-refractivity contribution is 5.99. The van der Waals surface area contributed by atoms with Crippen molar-refractivity contribution in [2.45, 2.75) is 76.4 Å². The molecule has 3 aliphatic rings. The summed E-state index contributed by atoms with van der Waals surface area (Å²) in [5, 5.41) is 2.53. The largest absolute Gasteiger partial charge is 0.443 e. The second kappa shape index (κ2) is 8.83. The molecular formula is C24H28F3N3O5. The van der Waals surface area contributed by atoms with E-state index in [4.69, 9.17) is 4.74 Å². The standard InChI is InChI=1S/C24H28F3N3O5/c1-23(2,3)35-22(34)30-15-7-8-18(16(12-15)20(30)32)29-10-9-17(21(29)33)28-19(31)13-5-4-6-14(11-13)24(25,26)27/h4-6,11,15-18H,7-10,12H2,1-3H3,(H,28,31)/t15-,16-,17+,18+/m1/s1. The van der Waals surface area contributed by atoms with E-state index < -0.39 is 47.3 Å². The number of carbonyl (C=O) groups excluding carboxylic acids is 4. The van der Waals surface area contributed by atoms with E-state index in [0.29, 0.717) is 25.8 Å². The van der Waals surface area contributed by atoms with Crippen LogP contribution in [0.15, 0.2) is 24.3 Å². The SMILES string of the molecule is CC(C)(C)OC(=O)N1C(=O)[C@@H]2C[C@H]1CC[C@@H]2N1CC[C@H](NC(=O)c2cccc(C(F)(F)F)c2)C1=O. The monoisotopic (exact) mass is 495 g/mol. The number of fused-ring (bicyclic) bond motifs is 2. The van der Waals surface area contributed by atoms with Crippen LogP contribution in [0.25, 0.3) is 0 Å². The van der Waals surface area contributed by atoms with Crippen molar-refractivity contribution in [2.75, 3.05) is 6.54 Å². The maximum Gasteiger partial charge on any atom is 0.417 e. The Morgan fingerprint density at radius 2 is 1.77 bits per heavy atom. The van der Waals surface area contributed by atoms with Gasteiger partial charge in [0.15, 0.2) is 0 Å². The Bertz CT molecular complexity index is 1050. The number of benzene rings is 1. The number of imide groups is 1. The third kappa shape index (κ3) is 4.99. The molecule has 0 spiro atoms. The number of amides is 4. The molecule has 3 fully saturated rings. The summed E-state index contributed by atoms with van der Waals surface area (Å²) >= 11 is 0. The van der Waals surface area contributed by atoms with Crippen LogP contribution >= 0.6 is 0 Å². The van der Waals surface area contributed by atoms with E-state index in [0.717, 1.165) is 18.2 Å². The van der Waals surface area contributed by atoms with Crippen molar-refractivity contribution >= 4 is 23.8 Å². The fraction of sp³-hybridized carbons (Fsp3) is 0.583. The van der Waals surface area contributed by atoms with Gasteiger partial charge >= 0.3 is 12.3 Å². The average Bonchev–Trinajstić information content (AvgIpc) is 3.24. The molecule has 4 atom stereocenters. The number of ether oxygens (including phenoxy) is 1. The first-order valence-electron chi connectivity index (χ1n) is 11.6. The smallest absolute Gasteiger partial charge is 0.417 e. The summed E-state index contributed by atoms with van der Waals surface area (Å²) in [4.78, 5) is 54.0. The number of nitrogens with one attached hydrogen (secondary N) is 1. The van der Waals surface area contributed by atoms with E-state index in [1.54, 1.807) is 25.7 Å². The maximum atomic E-state index is 13.1. The lowest BCUT2D eigenvalue weighted by Gasteiger charge is -2.34. The highest BCUT2D eigenvalue weighted by Gasteiger charge is 2.54. The number of rotatable bonds is 3. The van der Waals surface area contributed by atoms with Crippen molar-refractivity contribution in [3.63, 3.8) is 0 Å². The van der Waals surface area contributed by atoms with Gasteiger partial charge in [0.25, 0.3) is 5.91 Å². The quantitative estimate of drug-likeness (QED) is 0.694. The van der Waals surface area contributed by atoms with E-state index in [2.05, 4.69) is 5.32 Å². The van der Waals surface area contributed by atoms with Crippen molar-refractivity contribution in [2.24, 2.45) is 5.92 Å². The highest BCUT2D eigenvalue weighted by Crippen LogP contribution is 2.41. The highest BCUT2D eigenvalue weighted by atomic mass is 19.4. The number of hydrogen-bond acceptors (Lipinski definition) is 5. The zero-order valence-electron chi connectivity index (χ0n) is 19.7. The Kier molecular flexibility index (Phi) is 6.31. The predicted octanol–water partition coefficient (Wildman–Crippen LogP) is 3.35. The van der Waals surface area contributed by atoms with Crippen LogP contribution < -0.4 is 5.32 Å². The fourth-order valence-electron chi connectivity index (χ4n) is 5.16. The zero-order chi connectivity index (χ0) is 25.7. The molecule has 1 saturated carbocycles. The van der Waals surface area contributed by atoms with Gasteiger partial charge in [0.2, 0.25) is 11.8 Å². The molecule has 1 aromatic carbocycles. The summed E-state index contributed by atoms with van der Waals surface area (Å²) in [7, 11) is 0. The number of carbonyl (C=O) groups is 4. The lowest BCUT2D eigenvalue weighted by atomic mass is 9.84. The molecule has 1 aromatic rings. The molecule has 8 nitrogen and oxygen atoms in total. The molecule has 2 saturated heterocycles. The van der Waals surface area contributed by atoms with Gasteiger partial charge in [0.1, 0.15) is 11.6 Å². The van der Waals surface area contributed by atoms with Gasteiger partial charge in [-0.3, -0.25) is 14.4 Å². The van der Waals surface area contributed by atoms with Crippen LogP contribution in [-0.4, -0.2) is 63.9 Å². The van der Waals surface area contributed by atoms with Gasteiger partial charge in [-0.1, -0.05) is 6.07 Å². The number of hydrogen-bond donors (Lipinski definition) is 1. The van der Waals surface area contributed by atoms with Gasteiger partial charge in [-0.2, -0.15) is 13.2 Å². The average molecular weight is 495 g/mol. The second-order valence-corrected chi connectivity index (χ2v) is 10.3. The van der Waals surface area contributed by atoms with E-state index >= 15 is 0 Å². The van der Waals surface area contributed by atoms with Gasteiger partial charge in [-0.15, -0.1) is 0 Å². The van der Waals surface area contributed by atoms with Gasteiger partial charge in [-0.05, 0) is 64.7 Å². The summed E-state index contributed by atoms with van der Waals surface area (Å²) in [6, 6.07) is 2.44. The predicted molar refractivity (Wildman–Crippen MR) is 117 cm³/mol. The van der Waals surface area contributed by atoms with E-state index in [1.165, 1.54) is 11.0 Å². The number of alkyl halides is 3. The first-order valence-corrected chi connectivity index (χ1v) is 11.6. The third-order valence-corrected chi connectivity index (χ3v) is 6.69. The topological polar surface area (TPSA) is 96.0 Å². The van der Waals surface area contributed by atoms with Crippen molar-refractivity contribution in [3.05, 3.63) is 35.4 Å². The molecule has 2 bridgehead atoms. The summed E-state index contributed by atoms with van der Waals surface area (Å²) < 4.78 is 44.3. The Morgan fingerprint density at radius 3 is 2.43 bits per heavy atom. The van der Waals surface area contributed by atoms with Crippen LogP contribution in [0, 0.1) is 5.92 Å². The lowest BCUT2D eigenvalue weighted by molar-refractivity contribution is -0.138. The fourth-order valence-corrected chi connectivity index (χ4v) is 5.16. The molecule has 0 unspecified atom stereocenters. The van der Waals surface area contributed by atoms with Gasteiger partial charge in [-0.25, -0.2) is 9.69 Å². The zero-order valence-corrected chi connectivity index (χ0v) is 19.7. The molecule has 2 aliphatic heterocycles. The minimum absolute atomic E-state index is 0.189. The van der Waals surface area contributed by atoms with Crippen LogP contribution in [0.3, 0.4) is 0 Å². The molecule has 4 rings (SSSR count). The Morgan fingerprint density at radius 1 is 1.06 bits per heavy atom. The number of nitrogens with zero attached hydrogens (tertiary/aromatic N) is 2. The van der Waals surface area contributed by atoms with Gasteiger partial charge in [0.05, 0.1) is 11.5 Å². The molecule has 4 amide bonds. The molecule has 35 heavy (non-hydrogen) atoms. The van der Waals surface area contributed by atoms with Gasteiger partial charge < -0.3 is 15.0 Å². The molecule has 190 valence electrons. The van der Waals surface area contributed by atoms with E-state index in [9.17, 15) is 32.3 Å². The molecule has 11 heteroatoms. The van der Waals surface area contributed by atoms with Crippen LogP contribution in [0.2, 0.25) is 0 Å². The summed E-state index contributed by atoms with van der Waals surface area (Å²) in [6.45, 7) is 5.46. The van der Waals surface area contributed by atoms with Gasteiger partial charge in [0, 0.05) is 24.2 Å². The van der Waals surface area contributed by atoms with Crippen molar-refractivity contribution in [1.29, 1.82) is 0 Å². The normalized spacial score (nSPS) is 26.8. The van der Waals surface area contributed by atoms with Crippen LogP contribution in [0.1, 0.15) is 62.4 Å². The minimum Gasteiger partial charge on any atom is -0.443 e.